The minimum Gasteiger partial charge on any atom is -0.457 e. The largest absolute Gasteiger partial charge is 0.457 e. The van der Waals surface area contributed by atoms with Gasteiger partial charge in [-0.25, -0.2) is 4.98 Å². The van der Waals surface area contributed by atoms with E-state index in [0.29, 0.717) is 28.3 Å². The van der Waals surface area contributed by atoms with Gasteiger partial charge in [-0.2, -0.15) is 0 Å². The van der Waals surface area contributed by atoms with Gasteiger partial charge in [0.25, 0.3) is 0 Å². The van der Waals surface area contributed by atoms with E-state index in [4.69, 9.17) is 17.1 Å². The van der Waals surface area contributed by atoms with Crippen molar-refractivity contribution in [3.63, 3.8) is 0 Å². The molecule has 0 saturated heterocycles. The maximum Gasteiger partial charge on any atom is 0.137 e. The number of anilines is 4. The molecule has 0 bridgehead atoms. The molecule has 2 aromatic heterocycles. The van der Waals surface area contributed by atoms with Gasteiger partial charge in [0.1, 0.15) is 24.0 Å². The fourth-order valence-corrected chi connectivity index (χ4v) is 7.29. The van der Waals surface area contributed by atoms with Gasteiger partial charge in [0, 0.05) is 45.9 Å². The Balaban J connectivity index is 1.09. The topological polar surface area (TPSA) is 33.5 Å². The van der Waals surface area contributed by atoms with E-state index in [1.807, 2.05) is 95.9 Å². The van der Waals surface area contributed by atoms with Crippen LogP contribution in [0.1, 0.15) is 12.3 Å². The first-order chi connectivity index (χ1) is 30.0. The third kappa shape index (κ3) is 5.38. The number of fused-ring (bicyclic) bond motifs is 4. The Bertz CT molecular complexity index is 3260. The third-order valence-electron chi connectivity index (χ3n) is 9.55. The maximum atomic E-state index is 8.98. The summed E-state index contributed by atoms with van der Waals surface area (Å²) in [5.41, 5.74) is 5.58. The van der Waals surface area contributed by atoms with Crippen LogP contribution in [-0.4, -0.2) is 16.2 Å². The first kappa shape index (κ1) is 22.7. The van der Waals surface area contributed by atoms with Crippen LogP contribution in [0.3, 0.4) is 0 Å². The fraction of sp³-hybridized carbons (Fsp3) is 0.0208. The Hall–Kier alpha value is -7.11. The van der Waals surface area contributed by atoms with Crippen LogP contribution in [0.4, 0.5) is 22.7 Å². The molecule has 0 spiro atoms. The highest BCUT2D eigenvalue weighted by atomic mass is 16.5. The lowest BCUT2D eigenvalue weighted by molar-refractivity contribution is 0.483. The molecule has 1 aliphatic rings. The van der Waals surface area contributed by atoms with Gasteiger partial charge in [0.15, 0.2) is 0 Å². The van der Waals surface area contributed by atoms with Crippen LogP contribution < -0.4 is 14.5 Å². The number of nitrogens with zero attached hydrogens (tertiary/aromatic N) is 4. The first-order valence-corrected chi connectivity index (χ1v) is 17.2. The average Bonchev–Trinajstić information content (AvgIpc) is 3.84. The normalized spacial score (nSPS) is 14.8. The molecule has 7 aromatic carbocycles. The predicted molar refractivity (Wildman–Crippen MR) is 218 cm³/mol. The Kier molecular flexibility index (Phi) is 5.51. The molecule has 0 aliphatic carbocycles. The smallest absolute Gasteiger partial charge is 0.137 e. The van der Waals surface area contributed by atoms with Gasteiger partial charge in [-0.05, 0) is 65.7 Å². The monoisotopic (exact) mass is 691 g/mol. The first-order valence-electron chi connectivity index (χ1n) is 21.7. The second kappa shape index (κ2) is 12.9. The van der Waals surface area contributed by atoms with E-state index in [-0.39, 0.29) is 35.9 Å². The van der Waals surface area contributed by atoms with Gasteiger partial charge in [-0.3, -0.25) is 4.57 Å². The van der Waals surface area contributed by atoms with Crippen LogP contribution in [0.5, 0.6) is 11.5 Å². The Morgan fingerprint density at radius 2 is 1.23 bits per heavy atom. The summed E-state index contributed by atoms with van der Waals surface area (Å²) < 4.78 is 86.3. The molecule has 10 rings (SSSR count). The van der Waals surface area contributed by atoms with Gasteiger partial charge < -0.3 is 14.5 Å². The van der Waals surface area contributed by atoms with E-state index in [2.05, 4.69) is 32.7 Å². The number of ether oxygens (including phenoxy) is 1. The molecule has 1 aliphatic heterocycles. The van der Waals surface area contributed by atoms with Crippen LogP contribution in [0.15, 0.2) is 194 Å². The highest BCUT2D eigenvalue weighted by molar-refractivity contribution is 6.09. The molecule has 0 radical (unpaired) electrons. The number of hydrogen-bond donors (Lipinski definition) is 0. The number of benzene rings is 7. The Morgan fingerprint density at radius 3 is 2.08 bits per heavy atom. The summed E-state index contributed by atoms with van der Waals surface area (Å²) in [7, 11) is 0. The number of hydrogen-bond acceptors (Lipinski definition) is 4. The maximum absolute atomic E-state index is 8.98. The highest BCUT2D eigenvalue weighted by Gasteiger charge is 2.31. The van der Waals surface area contributed by atoms with Gasteiger partial charge in [0.05, 0.1) is 40.4 Å². The highest BCUT2D eigenvalue weighted by Crippen LogP contribution is 2.50. The van der Waals surface area contributed by atoms with Crippen LogP contribution >= 0.6 is 0 Å². The summed E-state index contributed by atoms with van der Waals surface area (Å²) >= 11 is 0. The predicted octanol–water partition coefficient (Wildman–Crippen LogP) is 12.6. The van der Waals surface area contributed by atoms with Crippen molar-refractivity contribution < 1.29 is 17.1 Å². The van der Waals surface area contributed by atoms with Crippen LogP contribution in [0.2, 0.25) is 0 Å². The molecule has 9 aromatic rings. The zero-order chi connectivity index (χ0) is 43.0. The van der Waals surface area contributed by atoms with Crippen molar-refractivity contribution in [3.8, 4) is 39.6 Å². The minimum atomic E-state index is -0.520. The van der Waals surface area contributed by atoms with Gasteiger partial charge >= 0.3 is 0 Å². The molecule has 0 saturated carbocycles. The van der Waals surface area contributed by atoms with E-state index in [9.17, 15) is 0 Å². The van der Waals surface area contributed by atoms with Crippen LogP contribution in [0, 0.1) is 0 Å². The molecule has 0 amide bonds. The molecule has 0 atom stereocenters. The summed E-state index contributed by atoms with van der Waals surface area (Å²) in [6.45, 7) is 0.187. The van der Waals surface area contributed by atoms with Crippen molar-refractivity contribution >= 4 is 44.6 Å². The molecule has 0 fully saturated rings. The van der Waals surface area contributed by atoms with Crippen molar-refractivity contribution in [3.05, 3.63) is 194 Å². The van der Waals surface area contributed by atoms with Crippen LogP contribution in [0.25, 0.3) is 49.9 Å². The molecule has 5 nitrogen and oxygen atoms in total. The molecular formula is C48H34N4O. The second-order valence-electron chi connectivity index (χ2n) is 12.6. The molecule has 3 heterocycles. The van der Waals surface area contributed by atoms with E-state index in [0.717, 1.165) is 44.7 Å². The van der Waals surface area contributed by atoms with Crippen molar-refractivity contribution in [2.24, 2.45) is 0 Å². The average molecular weight is 692 g/mol. The lowest BCUT2D eigenvalue weighted by atomic mass is 9.95. The lowest BCUT2D eigenvalue weighted by Crippen LogP contribution is -2.24. The molecule has 0 N–H and O–H groups in total. The summed E-state index contributed by atoms with van der Waals surface area (Å²) in [6, 6.07) is 38.3. The van der Waals surface area contributed by atoms with Gasteiger partial charge in [-0.15, -0.1) is 0 Å². The Labute approximate surface area is 320 Å². The van der Waals surface area contributed by atoms with Gasteiger partial charge in [-0.1, -0.05) is 121 Å². The summed E-state index contributed by atoms with van der Waals surface area (Å²) in [6.07, 6.45) is 1.78. The number of pyridine rings is 1. The Morgan fingerprint density at radius 1 is 0.528 bits per heavy atom. The van der Waals surface area contributed by atoms with Crippen molar-refractivity contribution in [1.29, 1.82) is 0 Å². The van der Waals surface area contributed by atoms with Crippen molar-refractivity contribution in [1.82, 2.24) is 9.55 Å². The van der Waals surface area contributed by atoms with Crippen molar-refractivity contribution in [2.45, 2.75) is 0 Å². The molecule has 0 unspecified atom stereocenters. The molecule has 252 valence electrons. The minimum absolute atomic E-state index is 0.0286. The molecule has 53 heavy (non-hydrogen) atoms. The fourth-order valence-electron chi connectivity index (χ4n) is 7.29. The zero-order valence-corrected chi connectivity index (χ0v) is 28.2. The van der Waals surface area contributed by atoms with Crippen LogP contribution in [-0.2, 0) is 0 Å². The van der Waals surface area contributed by atoms with Gasteiger partial charge in [0.2, 0.25) is 0 Å². The standard InChI is InChI=1S/C48H34N4O/c1-3-15-34(16-4-1)39-22-14-23-40(35-17-5-2-6-18-35)48(39)51-33-50(44-25-9-10-26-45(44)51)36-19-13-20-37(31-36)53-38-28-29-42-41-21-7-8-24-43(41)52(46(42)32-38)47-27-11-12-30-49-47/h1-32H,33H2/i1D,2D,3D,4D,5D,6D,15D,16D,17D. The van der Waals surface area contributed by atoms with E-state index < -0.39 is 36.3 Å². The number of para-hydroxylation sites is 4. The third-order valence-corrected chi connectivity index (χ3v) is 9.55. The summed E-state index contributed by atoms with van der Waals surface area (Å²) in [5.74, 6) is 2.00. The summed E-state index contributed by atoms with van der Waals surface area (Å²) in [5, 5.41) is 2.17. The van der Waals surface area contributed by atoms with E-state index in [1.54, 1.807) is 24.4 Å². The second-order valence-corrected chi connectivity index (χ2v) is 12.6. The zero-order valence-electron chi connectivity index (χ0n) is 37.2. The van der Waals surface area contributed by atoms with Crippen molar-refractivity contribution in [2.75, 3.05) is 16.5 Å². The number of aromatic nitrogens is 2. The summed E-state index contributed by atoms with van der Waals surface area (Å²) in [4.78, 5) is 8.69. The lowest BCUT2D eigenvalue weighted by Gasteiger charge is -2.27. The quantitative estimate of drug-likeness (QED) is 0.167. The van der Waals surface area contributed by atoms with E-state index >= 15 is 0 Å². The SMILES string of the molecule is [2H]c1cc(-c2cccc(-c3c([2H])c([2H])c([2H])c([2H])c3[2H])c2N2CN(c3cccc(Oc4ccc5c6ccccc6n(-c6ccccn6)c5c4)c3)c3ccccc32)c([2H])c([2H])c1[2H]. The van der Waals surface area contributed by atoms with E-state index in [1.165, 1.54) is 6.07 Å². The molecular weight excluding hydrogens is 649 g/mol. The number of rotatable bonds is 7. The molecule has 5 heteroatoms.